The van der Waals surface area contributed by atoms with Crippen LogP contribution in [0.4, 0.5) is 0 Å². The third-order valence-corrected chi connectivity index (χ3v) is 4.01. The van der Waals surface area contributed by atoms with Crippen LogP contribution in [-0.4, -0.2) is 0 Å². The van der Waals surface area contributed by atoms with Crippen LogP contribution < -0.4 is 0 Å². The van der Waals surface area contributed by atoms with Crippen molar-refractivity contribution in [3.63, 3.8) is 0 Å². The van der Waals surface area contributed by atoms with Crippen molar-refractivity contribution in [2.45, 2.75) is 5.33 Å². The lowest BCUT2D eigenvalue weighted by Gasteiger charge is -2.00. The summed E-state index contributed by atoms with van der Waals surface area (Å²) >= 11 is 11.0. The highest BCUT2D eigenvalue weighted by Gasteiger charge is 2.09. The first-order valence-corrected chi connectivity index (χ1v) is 6.30. The second kappa shape index (κ2) is 3.90. The molecule has 0 aliphatic carbocycles. The Labute approximate surface area is 99.0 Å². The Morgan fingerprint density at radius 2 is 2.29 bits per heavy atom. The smallest absolute Gasteiger partial charge is 0.101 e. The first-order valence-electron chi connectivity index (χ1n) is 3.92. The molecular formula is C10H5BrClNS. The van der Waals surface area contributed by atoms with E-state index in [2.05, 4.69) is 22.0 Å². The zero-order valence-electron chi connectivity index (χ0n) is 7.05. The Balaban J connectivity index is 2.85. The largest absolute Gasteiger partial charge is 0.192 e. The Bertz CT molecular complexity index is 527. The van der Waals surface area contributed by atoms with E-state index in [0.29, 0.717) is 5.33 Å². The molecule has 0 bridgehead atoms. The number of thiophene rings is 1. The molecule has 0 atom stereocenters. The van der Waals surface area contributed by atoms with Gasteiger partial charge in [0, 0.05) is 25.8 Å². The number of nitrogens with zero attached hydrogens (tertiary/aromatic N) is 1. The topological polar surface area (TPSA) is 23.8 Å². The van der Waals surface area contributed by atoms with Crippen molar-refractivity contribution in [1.29, 1.82) is 5.26 Å². The summed E-state index contributed by atoms with van der Waals surface area (Å²) in [5.74, 6) is 0. The molecule has 4 heteroatoms. The summed E-state index contributed by atoms with van der Waals surface area (Å²) in [5, 5.41) is 13.2. The number of benzene rings is 1. The molecule has 0 spiro atoms. The molecule has 70 valence electrons. The number of hydrogen-bond acceptors (Lipinski definition) is 2. The summed E-state index contributed by atoms with van der Waals surface area (Å²) in [6.45, 7) is 0. The maximum absolute atomic E-state index is 8.87. The fourth-order valence-corrected chi connectivity index (χ4v) is 3.60. The molecule has 0 aliphatic rings. The van der Waals surface area contributed by atoms with Crippen LogP contribution in [0.5, 0.6) is 0 Å². The number of hydrogen-bond donors (Lipinski definition) is 0. The second-order valence-corrected chi connectivity index (χ2v) is 4.65. The van der Waals surface area contributed by atoms with Gasteiger partial charge in [-0.25, -0.2) is 0 Å². The third kappa shape index (κ3) is 1.44. The van der Waals surface area contributed by atoms with Gasteiger partial charge < -0.3 is 0 Å². The van der Waals surface area contributed by atoms with Gasteiger partial charge in [-0.1, -0.05) is 33.6 Å². The lowest BCUT2D eigenvalue weighted by molar-refractivity contribution is 1.50. The van der Waals surface area contributed by atoms with E-state index in [4.69, 9.17) is 16.9 Å². The average Bonchev–Trinajstić information content (AvgIpc) is 2.60. The quantitative estimate of drug-likeness (QED) is 0.716. The van der Waals surface area contributed by atoms with E-state index in [9.17, 15) is 0 Å². The van der Waals surface area contributed by atoms with Gasteiger partial charge in [-0.15, -0.1) is 11.3 Å². The first-order chi connectivity index (χ1) is 6.77. The van der Waals surface area contributed by atoms with Gasteiger partial charge in [-0.2, -0.15) is 5.26 Å². The molecule has 0 amide bonds. The highest BCUT2D eigenvalue weighted by Crippen LogP contribution is 2.34. The minimum atomic E-state index is 0.717. The van der Waals surface area contributed by atoms with E-state index in [1.165, 1.54) is 0 Å². The predicted octanol–water partition coefficient (Wildman–Crippen LogP) is 4.32. The normalized spacial score (nSPS) is 10.4. The van der Waals surface area contributed by atoms with Crippen LogP contribution >= 0.6 is 38.9 Å². The van der Waals surface area contributed by atoms with Crippen LogP contribution in [0.25, 0.3) is 10.1 Å². The molecule has 14 heavy (non-hydrogen) atoms. The predicted molar refractivity (Wildman–Crippen MR) is 64.2 cm³/mol. The highest BCUT2D eigenvalue weighted by molar-refractivity contribution is 9.08. The third-order valence-electron chi connectivity index (χ3n) is 2.04. The van der Waals surface area contributed by atoms with Crippen LogP contribution in [0.2, 0.25) is 5.02 Å². The molecule has 0 fully saturated rings. The Hall–Kier alpha value is -0.560. The summed E-state index contributed by atoms with van der Waals surface area (Å²) < 4.78 is 1.10. The van der Waals surface area contributed by atoms with E-state index in [-0.39, 0.29) is 0 Å². The van der Waals surface area contributed by atoms with Crippen LogP contribution in [-0.2, 0) is 5.33 Å². The Morgan fingerprint density at radius 1 is 1.50 bits per heavy atom. The molecule has 0 unspecified atom stereocenters. The first kappa shape index (κ1) is 9.97. The van der Waals surface area contributed by atoms with Crippen molar-refractivity contribution in [2.75, 3.05) is 0 Å². The van der Waals surface area contributed by atoms with Gasteiger partial charge in [-0.3, -0.25) is 0 Å². The van der Waals surface area contributed by atoms with Crippen molar-refractivity contribution in [3.05, 3.63) is 33.7 Å². The van der Waals surface area contributed by atoms with Gasteiger partial charge in [0.25, 0.3) is 0 Å². The van der Waals surface area contributed by atoms with E-state index in [1.54, 1.807) is 11.3 Å². The summed E-state index contributed by atoms with van der Waals surface area (Å²) in [4.78, 5) is 0. The number of alkyl halides is 1. The van der Waals surface area contributed by atoms with Crippen LogP contribution in [0.3, 0.4) is 0 Å². The molecular weight excluding hydrogens is 282 g/mol. The zero-order valence-corrected chi connectivity index (χ0v) is 10.2. The Kier molecular flexibility index (Phi) is 2.78. The van der Waals surface area contributed by atoms with Crippen molar-refractivity contribution >= 4 is 49.0 Å². The van der Waals surface area contributed by atoms with Crippen molar-refractivity contribution in [3.8, 4) is 6.07 Å². The maximum atomic E-state index is 8.87. The molecule has 0 N–H and O–H groups in total. The standard InChI is InChI=1S/C10H5BrClNS/c11-3-8-9(12)2-1-7-6(4-13)5-14-10(7)8/h1-2,5H,3H2. The molecule has 0 saturated heterocycles. The summed E-state index contributed by atoms with van der Waals surface area (Å²) in [6.07, 6.45) is 0. The lowest BCUT2D eigenvalue weighted by atomic mass is 10.1. The minimum Gasteiger partial charge on any atom is -0.192 e. The molecule has 0 saturated carbocycles. The van der Waals surface area contributed by atoms with Gasteiger partial charge in [0.1, 0.15) is 6.07 Å². The van der Waals surface area contributed by atoms with Crippen LogP contribution in [0.15, 0.2) is 17.5 Å². The van der Waals surface area contributed by atoms with Gasteiger partial charge >= 0.3 is 0 Å². The summed E-state index contributed by atoms with van der Waals surface area (Å²) in [5.41, 5.74) is 1.79. The molecule has 2 rings (SSSR count). The van der Waals surface area contributed by atoms with E-state index in [0.717, 1.165) is 26.2 Å². The number of halogens is 2. The molecule has 1 nitrogen and oxygen atoms in total. The molecule has 1 aromatic heterocycles. The fraction of sp³-hybridized carbons (Fsp3) is 0.100. The Morgan fingerprint density at radius 3 is 2.93 bits per heavy atom. The monoisotopic (exact) mass is 285 g/mol. The van der Waals surface area contributed by atoms with Gasteiger partial charge in [-0.05, 0) is 11.6 Å². The van der Waals surface area contributed by atoms with E-state index < -0.39 is 0 Å². The van der Waals surface area contributed by atoms with Crippen LogP contribution in [0, 0.1) is 11.3 Å². The number of rotatable bonds is 1. The van der Waals surface area contributed by atoms with Crippen molar-refractivity contribution in [1.82, 2.24) is 0 Å². The maximum Gasteiger partial charge on any atom is 0.101 e. The lowest BCUT2D eigenvalue weighted by Crippen LogP contribution is -1.80. The molecule has 0 aliphatic heterocycles. The average molecular weight is 287 g/mol. The second-order valence-electron chi connectivity index (χ2n) is 2.80. The molecule has 1 heterocycles. The number of fused-ring (bicyclic) bond motifs is 1. The van der Waals surface area contributed by atoms with Crippen molar-refractivity contribution < 1.29 is 0 Å². The molecule has 2 aromatic rings. The zero-order chi connectivity index (χ0) is 10.1. The fourth-order valence-electron chi connectivity index (χ4n) is 1.34. The van der Waals surface area contributed by atoms with Crippen molar-refractivity contribution in [2.24, 2.45) is 0 Å². The van der Waals surface area contributed by atoms with Gasteiger partial charge in [0.15, 0.2) is 0 Å². The van der Waals surface area contributed by atoms with Gasteiger partial charge in [0.2, 0.25) is 0 Å². The van der Waals surface area contributed by atoms with Crippen LogP contribution in [0.1, 0.15) is 11.1 Å². The van der Waals surface area contributed by atoms with E-state index >= 15 is 0 Å². The summed E-state index contributed by atoms with van der Waals surface area (Å²) in [7, 11) is 0. The SMILES string of the molecule is N#Cc1csc2c(CBr)c(Cl)ccc12. The minimum absolute atomic E-state index is 0.717. The molecule has 0 radical (unpaired) electrons. The van der Waals surface area contributed by atoms with E-state index in [1.807, 2.05) is 17.5 Å². The van der Waals surface area contributed by atoms with Gasteiger partial charge in [0.05, 0.1) is 5.56 Å². The molecule has 1 aromatic carbocycles. The summed E-state index contributed by atoms with van der Waals surface area (Å²) in [6, 6.07) is 5.92. The number of nitriles is 1. The highest BCUT2D eigenvalue weighted by atomic mass is 79.9.